The van der Waals surface area contributed by atoms with E-state index in [1.807, 2.05) is 0 Å². The number of aliphatic hydroxyl groups is 1. The van der Waals surface area contributed by atoms with Gasteiger partial charge in [0.25, 0.3) is 0 Å². The normalized spacial score (nSPS) is 20.4. The Morgan fingerprint density at radius 1 is 0.853 bits per heavy atom. The largest absolute Gasteiger partial charge is 0.491 e. The quantitative estimate of drug-likeness (QED) is 0.380. The Morgan fingerprint density at radius 3 is 2.12 bits per heavy atom. The molecule has 4 rings (SSSR count). The summed E-state index contributed by atoms with van der Waals surface area (Å²) in [6.45, 7) is 4.12. The molecule has 1 N–H and O–H groups in total. The van der Waals surface area contributed by atoms with Crippen molar-refractivity contribution in [3.63, 3.8) is 0 Å². The molecule has 3 aromatic rings. The standard InChI is InChI=1S/C29H31F3O2/c1-3-5-19-14-16-29(33,17-15-19)24-12-10-22(18-25(24)30)20-6-8-21(9-7-20)23-11-13-26(34-4-2)28(32)27(23)31/h6-13,18-19,33H,3-5,14-17H2,1-2H3. The van der Waals surface area contributed by atoms with Crippen molar-refractivity contribution < 1.29 is 23.0 Å². The summed E-state index contributed by atoms with van der Waals surface area (Å²) in [4.78, 5) is 0. The Bertz CT molecular complexity index is 1130. The zero-order valence-corrected chi connectivity index (χ0v) is 19.7. The molecule has 0 aliphatic heterocycles. The van der Waals surface area contributed by atoms with Gasteiger partial charge in [-0.15, -0.1) is 0 Å². The Labute approximate surface area is 199 Å². The van der Waals surface area contributed by atoms with Crippen molar-refractivity contribution >= 4 is 0 Å². The topological polar surface area (TPSA) is 29.5 Å². The van der Waals surface area contributed by atoms with E-state index >= 15 is 4.39 Å². The molecule has 1 saturated carbocycles. The van der Waals surface area contributed by atoms with E-state index in [2.05, 4.69) is 6.92 Å². The zero-order chi connectivity index (χ0) is 24.3. The molecule has 1 aliphatic carbocycles. The molecule has 0 amide bonds. The molecule has 180 valence electrons. The lowest BCUT2D eigenvalue weighted by Gasteiger charge is -2.36. The minimum Gasteiger partial charge on any atom is -0.491 e. The van der Waals surface area contributed by atoms with E-state index in [9.17, 15) is 13.9 Å². The molecule has 3 aromatic carbocycles. The van der Waals surface area contributed by atoms with Crippen LogP contribution in [0.4, 0.5) is 13.2 Å². The van der Waals surface area contributed by atoms with Crippen molar-refractivity contribution in [1.82, 2.24) is 0 Å². The van der Waals surface area contributed by atoms with Gasteiger partial charge in [-0.1, -0.05) is 56.2 Å². The molecule has 0 unspecified atom stereocenters. The highest BCUT2D eigenvalue weighted by atomic mass is 19.2. The lowest BCUT2D eigenvalue weighted by atomic mass is 9.74. The molecule has 0 saturated heterocycles. The van der Waals surface area contributed by atoms with Gasteiger partial charge in [-0.25, -0.2) is 8.78 Å². The number of benzene rings is 3. The van der Waals surface area contributed by atoms with Crippen LogP contribution in [0.1, 0.15) is 57.9 Å². The van der Waals surface area contributed by atoms with Crippen LogP contribution in [0.2, 0.25) is 0 Å². The molecule has 1 aliphatic rings. The van der Waals surface area contributed by atoms with E-state index in [0.717, 1.165) is 31.2 Å². The maximum Gasteiger partial charge on any atom is 0.201 e. The molecule has 2 nitrogen and oxygen atoms in total. The van der Waals surface area contributed by atoms with Gasteiger partial charge in [0.2, 0.25) is 5.82 Å². The van der Waals surface area contributed by atoms with Crippen LogP contribution in [0.25, 0.3) is 22.3 Å². The van der Waals surface area contributed by atoms with Crippen molar-refractivity contribution in [2.24, 2.45) is 5.92 Å². The smallest absolute Gasteiger partial charge is 0.201 e. The summed E-state index contributed by atoms with van der Waals surface area (Å²) in [6.07, 6.45) is 5.26. The number of rotatable bonds is 7. The first-order valence-electron chi connectivity index (χ1n) is 12.1. The minimum absolute atomic E-state index is 0.114. The highest BCUT2D eigenvalue weighted by molar-refractivity contribution is 5.71. The van der Waals surface area contributed by atoms with Crippen LogP contribution in [0.5, 0.6) is 5.75 Å². The summed E-state index contributed by atoms with van der Waals surface area (Å²) in [5, 5.41) is 11.1. The van der Waals surface area contributed by atoms with Crippen LogP contribution in [0.15, 0.2) is 54.6 Å². The molecule has 0 bridgehead atoms. The van der Waals surface area contributed by atoms with Gasteiger partial charge in [0.1, 0.15) is 5.82 Å². The SMILES string of the molecule is CCCC1CCC(O)(c2ccc(-c3ccc(-c4ccc(OCC)c(F)c4F)cc3)cc2F)CC1. The van der Waals surface area contributed by atoms with Crippen molar-refractivity contribution in [1.29, 1.82) is 0 Å². The van der Waals surface area contributed by atoms with E-state index in [1.54, 1.807) is 43.3 Å². The second-order valence-corrected chi connectivity index (χ2v) is 9.21. The first kappa shape index (κ1) is 24.3. The summed E-state index contributed by atoms with van der Waals surface area (Å²) >= 11 is 0. The van der Waals surface area contributed by atoms with Crippen LogP contribution in [-0.2, 0) is 5.60 Å². The van der Waals surface area contributed by atoms with Gasteiger partial charge in [-0.3, -0.25) is 0 Å². The van der Waals surface area contributed by atoms with Crippen LogP contribution in [0, 0.1) is 23.4 Å². The third-order valence-corrected chi connectivity index (χ3v) is 6.98. The van der Waals surface area contributed by atoms with E-state index in [-0.39, 0.29) is 17.9 Å². The summed E-state index contributed by atoms with van der Waals surface area (Å²) in [7, 11) is 0. The zero-order valence-electron chi connectivity index (χ0n) is 19.7. The molecule has 0 aromatic heterocycles. The Hall–Kier alpha value is -2.79. The van der Waals surface area contributed by atoms with E-state index in [4.69, 9.17) is 4.74 Å². The number of halogens is 3. The van der Waals surface area contributed by atoms with Crippen molar-refractivity contribution in [3.8, 4) is 28.0 Å². The first-order valence-corrected chi connectivity index (χ1v) is 12.1. The number of hydrogen-bond donors (Lipinski definition) is 1. The molecular formula is C29H31F3O2. The predicted molar refractivity (Wildman–Crippen MR) is 129 cm³/mol. The molecule has 5 heteroatoms. The third kappa shape index (κ3) is 4.85. The van der Waals surface area contributed by atoms with Gasteiger partial charge in [0, 0.05) is 11.1 Å². The molecule has 0 heterocycles. The van der Waals surface area contributed by atoms with Crippen molar-refractivity contribution in [2.75, 3.05) is 6.61 Å². The Balaban J connectivity index is 1.54. The third-order valence-electron chi connectivity index (χ3n) is 6.98. The van der Waals surface area contributed by atoms with Gasteiger partial charge >= 0.3 is 0 Å². The van der Waals surface area contributed by atoms with E-state index in [1.165, 1.54) is 18.2 Å². The fraction of sp³-hybridized carbons (Fsp3) is 0.379. The number of hydrogen-bond acceptors (Lipinski definition) is 2. The molecule has 0 radical (unpaired) electrons. The van der Waals surface area contributed by atoms with Crippen molar-refractivity contribution in [3.05, 3.63) is 77.6 Å². The first-order chi connectivity index (χ1) is 16.4. The summed E-state index contributed by atoms with van der Waals surface area (Å²) in [5.41, 5.74) is 1.29. The average Bonchev–Trinajstić information content (AvgIpc) is 2.84. The second kappa shape index (κ2) is 10.2. The Morgan fingerprint density at radius 2 is 1.50 bits per heavy atom. The highest BCUT2D eigenvalue weighted by Crippen LogP contribution is 2.42. The fourth-order valence-electron chi connectivity index (χ4n) is 5.06. The van der Waals surface area contributed by atoms with Crippen LogP contribution >= 0.6 is 0 Å². The van der Waals surface area contributed by atoms with Gasteiger partial charge in [0.15, 0.2) is 11.6 Å². The molecule has 34 heavy (non-hydrogen) atoms. The van der Waals surface area contributed by atoms with Gasteiger partial charge < -0.3 is 9.84 Å². The highest BCUT2D eigenvalue weighted by Gasteiger charge is 2.36. The van der Waals surface area contributed by atoms with Crippen molar-refractivity contribution in [2.45, 2.75) is 58.0 Å². The summed E-state index contributed by atoms with van der Waals surface area (Å²) < 4.78 is 49.0. The average molecular weight is 469 g/mol. The second-order valence-electron chi connectivity index (χ2n) is 9.21. The lowest BCUT2D eigenvalue weighted by Crippen LogP contribution is -2.32. The number of ether oxygens (including phenoxy) is 1. The molecule has 0 spiro atoms. The minimum atomic E-state index is -1.12. The summed E-state index contributed by atoms with van der Waals surface area (Å²) in [6, 6.07) is 14.7. The van der Waals surface area contributed by atoms with Crippen LogP contribution in [0.3, 0.4) is 0 Å². The summed E-state index contributed by atoms with van der Waals surface area (Å²) in [5.74, 6) is -1.90. The van der Waals surface area contributed by atoms with E-state index < -0.39 is 23.1 Å². The maximum atomic E-state index is 15.1. The Kier molecular flexibility index (Phi) is 7.32. The maximum absolute atomic E-state index is 15.1. The van der Waals surface area contributed by atoms with Gasteiger partial charge in [0.05, 0.1) is 12.2 Å². The van der Waals surface area contributed by atoms with Gasteiger partial charge in [-0.2, -0.15) is 4.39 Å². The van der Waals surface area contributed by atoms with Crippen LogP contribution < -0.4 is 4.74 Å². The monoisotopic (exact) mass is 468 g/mol. The predicted octanol–water partition coefficient (Wildman–Crippen LogP) is 8.01. The fourth-order valence-corrected chi connectivity index (χ4v) is 5.06. The van der Waals surface area contributed by atoms with E-state index in [0.29, 0.717) is 35.4 Å². The van der Waals surface area contributed by atoms with Crippen LogP contribution in [-0.4, -0.2) is 11.7 Å². The lowest BCUT2D eigenvalue weighted by molar-refractivity contribution is -0.0180. The molecule has 1 fully saturated rings. The molecule has 0 atom stereocenters. The van der Waals surface area contributed by atoms with Gasteiger partial charge in [-0.05, 0) is 73.4 Å². The molecular weight excluding hydrogens is 437 g/mol.